The van der Waals surface area contributed by atoms with Gasteiger partial charge in [0.2, 0.25) is 5.91 Å². The summed E-state index contributed by atoms with van der Waals surface area (Å²) in [5.41, 5.74) is -0.252. The number of rotatable bonds is 5. The van der Waals surface area contributed by atoms with Crippen LogP contribution in [0.15, 0.2) is 29.3 Å². The number of carbonyl (C=O) groups excluding carboxylic acids is 1. The normalized spacial score (nSPS) is 24.9. The lowest BCUT2D eigenvalue weighted by molar-refractivity contribution is -0.384. The molecule has 0 saturated heterocycles. The number of nitrogens with one attached hydrogen (secondary N) is 1. The smallest absolute Gasteiger partial charge is 0.270 e. The summed E-state index contributed by atoms with van der Waals surface area (Å²) in [5.74, 6) is 1.79. The Morgan fingerprint density at radius 3 is 2.89 bits per heavy atom. The molecule has 2 aliphatic rings. The number of benzene rings is 1. The van der Waals surface area contributed by atoms with Crippen LogP contribution in [0.5, 0.6) is 0 Å². The maximum atomic E-state index is 12.6. The summed E-state index contributed by atoms with van der Waals surface area (Å²) in [6.45, 7) is 1.89. The zero-order valence-electron chi connectivity index (χ0n) is 15.1. The molecule has 142 valence electrons. The lowest BCUT2D eigenvalue weighted by Crippen LogP contribution is -2.42. The molecule has 2 bridgehead atoms. The molecule has 1 N–H and O–H groups in total. The van der Waals surface area contributed by atoms with Crippen LogP contribution in [0.2, 0.25) is 0 Å². The van der Waals surface area contributed by atoms with E-state index in [-0.39, 0.29) is 29.6 Å². The minimum absolute atomic E-state index is 0.0815. The molecule has 2 aromatic rings. The van der Waals surface area contributed by atoms with Crippen LogP contribution < -0.4 is 10.9 Å². The summed E-state index contributed by atoms with van der Waals surface area (Å²) in [6.07, 6.45) is 6.33. The molecule has 8 heteroatoms. The third kappa shape index (κ3) is 3.31. The molecule has 8 nitrogen and oxygen atoms in total. The summed E-state index contributed by atoms with van der Waals surface area (Å²) in [4.78, 5) is 39.6. The van der Waals surface area contributed by atoms with Crippen LogP contribution in [-0.2, 0) is 11.3 Å². The molecular formula is C19H22N4O4. The quantitative estimate of drug-likeness (QED) is 0.642. The Bertz CT molecular complexity index is 970. The van der Waals surface area contributed by atoms with Crippen LogP contribution >= 0.6 is 0 Å². The average molecular weight is 370 g/mol. The molecule has 1 aromatic carbocycles. The van der Waals surface area contributed by atoms with Crippen molar-refractivity contribution >= 4 is 22.5 Å². The minimum Gasteiger partial charge on any atom is -0.352 e. The highest BCUT2D eigenvalue weighted by molar-refractivity contribution is 5.81. The van der Waals surface area contributed by atoms with Gasteiger partial charge in [-0.05, 0) is 50.0 Å². The predicted molar refractivity (Wildman–Crippen MR) is 99.2 cm³/mol. The Kier molecular flexibility index (Phi) is 4.41. The Morgan fingerprint density at radius 1 is 1.41 bits per heavy atom. The second-order valence-electron chi connectivity index (χ2n) is 7.83. The molecule has 2 fully saturated rings. The molecule has 2 aliphatic carbocycles. The Labute approximate surface area is 155 Å². The zero-order chi connectivity index (χ0) is 19.1. The molecular weight excluding hydrogens is 348 g/mol. The highest BCUT2D eigenvalue weighted by atomic mass is 16.6. The van der Waals surface area contributed by atoms with E-state index in [1.54, 1.807) is 0 Å². The summed E-state index contributed by atoms with van der Waals surface area (Å²) >= 11 is 0. The first kappa shape index (κ1) is 17.6. The molecule has 1 aromatic heterocycles. The van der Waals surface area contributed by atoms with Gasteiger partial charge in [-0.2, -0.15) is 0 Å². The molecule has 0 radical (unpaired) electrons. The second-order valence-corrected chi connectivity index (χ2v) is 7.83. The van der Waals surface area contributed by atoms with Gasteiger partial charge in [0.15, 0.2) is 0 Å². The van der Waals surface area contributed by atoms with E-state index in [1.807, 2.05) is 6.92 Å². The summed E-state index contributed by atoms with van der Waals surface area (Å²) < 4.78 is 1.20. The first-order valence-electron chi connectivity index (χ1n) is 9.35. The maximum absolute atomic E-state index is 12.6. The first-order valence-corrected chi connectivity index (χ1v) is 9.35. The van der Waals surface area contributed by atoms with Gasteiger partial charge in [-0.3, -0.25) is 24.3 Å². The van der Waals surface area contributed by atoms with E-state index >= 15 is 0 Å². The number of hydrogen-bond acceptors (Lipinski definition) is 5. The van der Waals surface area contributed by atoms with Crippen LogP contribution in [0.3, 0.4) is 0 Å². The number of carbonyl (C=O) groups is 1. The van der Waals surface area contributed by atoms with E-state index in [0.29, 0.717) is 17.4 Å². The van der Waals surface area contributed by atoms with E-state index in [1.165, 1.54) is 54.8 Å². The molecule has 1 heterocycles. The zero-order valence-corrected chi connectivity index (χ0v) is 15.1. The fourth-order valence-corrected chi connectivity index (χ4v) is 4.84. The summed E-state index contributed by atoms with van der Waals surface area (Å²) in [7, 11) is 0. The Hall–Kier alpha value is -2.77. The monoisotopic (exact) mass is 370 g/mol. The van der Waals surface area contributed by atoms with Crippen molar-refractivity contribution in [2.45, 2.75) is 45.2 Å². The van der Waals surface area contributed by atoms with Crippen molar-refractivity contribution in [2.24, 2.45) is 17.8 Å². The van der Waals surface area contributed by atoms with Crippen molar-refractivity contribution in [3.63, 3.8) is 0 Å². The lowest BCUT2D eigenvalue weighted by Gasteiger charge is -2.28. The molecule has 1 amide bonds. The van der Waals surface area contributed by atoms with E-state index in [9.17, 15) is 19.7 Å². The lowest BCUT2D eigenvalue weighted by atomic mass is 9.84. The van der Waals surface area contributed by atoms with Gasteiger partial charge in [-0.1, -0.05) is 6.42 Å². The van der Waals surface area contributed by atoms with Gasteiger partial charge >= 0.3 is 0 Å². The Morgan fingerprint density at radius 2 is 2.22 bits per heavy atom. The summed E-state index contributed by atoms with van der Waals surface area (Å²) in [6, 6.07) is 4.04. The van der Waals surface area contributed by atoms with Gasteiger partial charge in [0.1, 0.15) is 6.54 Å². The maximum Gasteiger partial charge on any atom is 0.270 e. The van der Waals surface area contributed by atoms with Crippen molar-refractivity contribution in [3.05, 3.63) is 45.0 Å². The number of nitro benzene ring substituents is 1. The SMILES string of the molecule is CC(NC(=O)Cn1cnc2ccc([N+](=O)[O-])cc2c1=O)C1CC2CCC1C2. The largest absolute Gasteiger partial charge is 0.352 e. The van der Waals surface area contributed by atoms with Gasteiger partial charge in [0.05, 0.1) is 22.2 Å². The van der Waals surface area contributed by atoms with E-state index < -0.39 is 10.5 Å². The number of fused-ring (bicyclic) bond motifs is 3. The average Bonchev–Trinajstić information content (AvgIpc) is 3.27. The molecule has 4 rings (SSSR count). The van der Waals surface area contributed by atoms with E-state index in [0.717, 1.165) is 5.92 Å². The Balaban J connectivity index is 1.49. The van der Waals surface area contributed by atoms with Gasteiger partial charge in [-0.25, -0.2) is 4.98 Å². The first-order chi connectivity index (χ1) is 12.9. The standard InChI is InChI=1S/C19H22N4O4/c1-11(15-7-12-2-3-13(15)6-12)21-18(24)9-22-10-20-17-5-4-14(23(26)27)8-16(17)19(22)25/h4-5,8,10-13,15H,2-3,6-7,9H2,1H3,(H,21,24). The number of amides is 1. The molecule has 0 spiro atoms. The molecule has 4 unspecified atom stereocenters. The second kappa shape index (κ2) is 6.75. The van der Waals surface area contributed by atoms with Crippen LogP contribution in [-0.4, -0.2) is 26.4 Å². The van der Waals surface area contributed by atoms with Crippen LogP contribution in [0, 0.1) is 27.9 Å². The van der Waals surface area contributed by atoms with Gasteiger partial charge in [0.25, 0.3) is 11.2 Å². The fourth-order valence-electron chi connectivity index (χ4n) is 4.84. The molecule has 4 atom stereocenters. The summed E-state index contributed by atoms with van der Waals surface area (Å²) in [5, 5.41) is 14.1. The van der Waals surface area contributed by atoms with Crippen molar-refractivity contribution in [3.8, 4) is 0 Å². The third-order valence-electron chi connectivity index (χ3n) is 6.16. The van der Waals surface area contributed by atoms with Gasteiger partial charge in [-0.15, -0.1) is 0 Å². The highest BCUT2D eigenvalue weighted by Gasteiger charge is 2.42. The topological polar surface area (TPSA) is 107 Å². The number of nitro groups is 1. The van der Waals surface area contributed by atoms with Crippen molar-refractivity contribution in [2.75, 3.05) is 0 Å². The van der Waals surface area contributed by atoms with Crippen molar-refractivity contribution < 1.29 is 9.72 Å². The van der Waals surface area contributed by atoms with Gasteiger partial charge in [0, 0.05) is 18.2 Å². The predicted octanol–water partition coefficient (Wildman–Crippen LogP) is 2.25. The number of hydrogen-bond donors (Lipinski definition) is 1. The van der Waals surface area contributed by atoms with E-state index in [4.69, 9.17) is 0 Å². The number of aromatic nitrogens is 2. The van der Waals surface area contributed by atoms with Crippen LogP contribution in [0.4, 0.5) is 5.69 Å². The van der Waals surface area contributed by atoms with Crippen LogP contribution in [0.25, 0.3) is 10.9 Å². The number of non-ortho nitro benzene ring substituents is 1. The van der Waals surface area contributed by atoms with Crippen molar-refractivity contribution in [1.82, 2.24) is 14.9 Å². The number of nitrogens with zero attached hydrogens (tertiary/aromatic N) is 3. The fraction of sp³-hybridized carbons (Fsp3) is 0.526. The molecule has 27 heavy (non-hydrogen) atoms. The van der Waals surface area contributed by atoms with Crippen LogP contribution in [0.1, 0.15) is 32.6 Å². The molecule has 2 saturated carbocycles. The molecule has 0 aliphatic heterocycles. The van der Waals surface area contributed by atoms with Gasteiger partial charge < -0.3 is 5.32 Å². The van der Waals surface area contributed by atoms with Crippen molar-refractivity contribution in [1.29, 1.82) is 0 Å². The van der Waals surface area contributed by atoms with E-state index in [2.05, 4.69) is 10.3 Å². The minimum atomic E-state index is -0.556. The highest BCUT2D eigenvalue weighted by Crippen LogP contribution is 2.49. The third-order valence-corrected chi connectivity index (χ3v) is 6.16.